The molecule has 0 fully saturated rings. The number of nitrogens with zero attached hydrogens (tertiary/aromatic N) is 1. The molecule has 0 aromatic rings. The number of carbonyl (C=O) groups is 1. The fraction of sp³-hybridized carbons (Fsp3) is 0.556. The smallest absolute Gasteiger partial charge is 0.330 e. The van der Waals surface area contributed by atoms with Gasteiger partial charge in [-0.15, -0.1) is 0 Å². The van der Waals surface area contributed by atoms with Crippen LogP contribution in [0.4, 0.5) is 0 Å². The average molecular weight is 185 g/mol. The van der Waals surface area contributed by atoms with Gasteiger partial charge in [0.1, 0.15) is 0 Å². The molecule has 0 aromatic carbocycles. The van der Waals surface area contributed by atoms with E-state index in [9.17, 15) is 10.0 Å². The minimum Gasteiger partial charge on any atom is -0.623 e. The molecule has 4 heteroatoms. The summed E-state index contributed by atoms with van der Waals surface area (Å²) in [5, 5.41) is 11.2. The minimum atomic E-state index is -0.486. The Morgan fingerprint density at radius 2 is 2.00 bits per heavy atom. The molecule has 4 nitrogen and oxygen atoms in total. The van der Waals surface area contributed by atoms with E-state index < -0.39 is 11.5 Å². The van der Waals surface area contributed by atoms with Gasteiger partial charge in [0.2, 0.25) is 0 Å². The molecule has 0 saturated carbocycles. The first-order chi connectivity index (χ1) is 5.88. The van der Waals surface area contributed by atoms with Crippen LogP contribution in [0.1, 0.15) is 20.8 Å². The molecule has 74 valence electrons. The molecule has 0 spiro atoms. The van der Waals surface area contributed by atoms with Gasteiger partial charge in [0.15, 0.2) is 11.8 Å². The van der Waals surface area contributed by atoms with E-state index in [1.807, 2.05) is 0 Å². The van der Waals surface area contributed by atoms with Crippen molar-refractivity contribution in [1.82, 2.24) is 0 Å². The second-order valence-corrected chi connectivity index (χ2v) is 3.53. The van der Waals surface area contributed by atoms with E-state index >= 15 is 0 Å². The van der Waals surface area contributed by atoms with Crippen molar-refractivity contribution in [2.24, 2.45) is 0 Å². The third kappa shape index (κ3) is 5.00. The summed E-state index contributed by atoms with van der Waals surface area (Å²) in [6.07, 6.45) is 3.84. The number of hydrogen-bond acceptors (Lipinski definition) is 3. The molecule has 0 rings (SSSR count). The summed E-state index contributed by atoms with van der Waals surface area (Å²) < 4.78 is 5.12. The van der Waals surface area contributed by atoms with E-state index in [0.717, 1.165) is 4.74 Å². The maximum absolute atomic E-state index is 11.2. The standard InChI is InChI=1S/C9H15NO3/c1-9(2,3)10(12)7-5-6-8(11)13-4/h5-7H,1-4H3/b6-5-,10-7-. The van der Waals surface area contributed by atoms with Crippen LogP contribution >= 0.6 is 0 Å². The van der Waals surface area contributed by atoms with E-state index in [1.165, 1.54) is 25.5 Å². The van der Waals surface area contributed by atoms with Gasteiger partial charge in [0, 0.05) is 32.9 Å². The van der Waals surface area contributed by atoms with E-state index in [4.69, 9.17) is 0 Å². The highest BCUT2D eigenvalue weighted by atomic mass is 16.5. The van der Waals surface area contributed by atoms with Crippen LogP contribution in [0.5, 0.6) is 0 Å². The Morgan fingerprint density at radius 1 is 1.46 bits per heavy atom. The highest BCUT2D eigenvalue weighted by Crippen LogP contribution is 2.03. The molecule has 0 radical (unpaired) electrons. The van der Waals surface area contributed by atoms with Gasteiger partial charge in [-0.3, -0.25) is 0 Å². The van der Waals surface area contributed by atoms with E-state index in [2.05, 4.69) is 4.74 Å². The first kappa shape index (κ1) is 11.7. The van der Waals surface area contributed by atoms with Crippen molar-refractivity contribution >= 4 is 12.2 Å². The lowest BCUT2D eigenvalue weighted by Gasteiger charge is -2.17. The number of allylic oxidation sites excluding steroid dienone is 1. The van der Waals surface area contributed by atoms with Gasteiger partial charge in [-0.05, 0) is 0 Å². The minimum absolute atomic E-state index is 0.474. The van der Waals surface area contributed by atoms with Crippen molar-refractivity contribution in [2.45, 2.75) is 26.3 Å². The van der Waals surface area contributed by atoms with Gasteiger partial charge in [-0.1, -0.05) is 0 Å². The topological polar surface area (TPSA) is 52.4 Å². The lowest BCUT2D eigenvalue weighted by atomic mass is 10.1. The zero-order valence-electron chi connectivity index (χ0n) is 8.40. The number of hydroxylamine groups is 1. The zero-order valence-corrected chi connectivity index (χ0v) is 8.40. The lowest BCUT2D eigenvalue weighted by molar-refractivity contribution is -0.530. The Kier molecular flexibility index (Phi) is 4.17. The SMILES string of the molecule is COC(=O)/C=C\C=[N+](/[O-])C(C)(C)C. The first-order valence-corrected chi connectivity index (χ1v) is 3.94. The van der Waals surface area contributed by atoms with Crippen LogP contribution in [-0.4, -0.2) is 29.6 Å². The Balaban J connectivity index is 4.28. The Bertz CT molecular complexity index is 236. The highest BCUT2D eigenvalue weighted by Gasteiger charge is 2.16. The molecule has 0 N–H and O–H groups in total. The second kappa shape index (κ2) is 4.64. The Hall–Kier alpha value is -1.32. The van der Waals surface area contributed by atoms with E-state index in [0.29, 0.717) is 0 Å². The predicted molar refractivity (Wildman–Crippen MR) is 50.6 cm³/mol. The molecule has 13 heavy (non-hydrogen) atoms. The molecule has 0 heterocycles. The average Bonchev–Trinajstić information content (AvgIpc) is 2.02. The molecule has 0 amide bonds. The molecule has 0 aromatic heterocycles. The van der Waals surface area contributed by atoms with Crippen LogP contribution in [0.2, 0.25) is 0 Å². The van der Waals surface area contributed by atoms with Crippen LogP contribution in [0.3, 0.4) is 0 Å². The van der Waals surface area contributed by atoms with Crippen LogP contribution < -0.4 is 0 Å². The summed E-state index contributed by atoms with van der Waals surface area (Å²) >= 11 is 0. The van der Waals surface area contributed by atoms with Crippen molar-refractivity contribution in [3.8, 4) is 0 Å². The fourth-order valence-corrected chi connectivity index (χ4v) is 0.491. The van der Waals surface area contributed by atoms with Crippen LogP contribution in [0.25, 0.3) is 0 Å². The largest absolute Gasteiger partial charge is 0.623 e. The second-order valence-electron chi connectivity index (χ2n) is 3.53. The summed E-state index contributed by atoms with van der Waals surface area (Å²) in [7, 11) is 1.28. The number of esters is 1. The number of hydrogen-bond donors (Lipinski definition) is 0. The monoisotopic (exact) mass is 185 g/mol. The Morgan fingerprint density at radius 3 is 2.38 bits per heavy atom. The molecule has 0 aliphatic heterocycles. The molecular formula is C9H15NO3. The third-order valence-electron chi connectivity index (χ3n) is 1.32. The van der Waals surface area contributed by atoms with Gasteiger partial charge in [-0.2, -0.15) is 0 Å². The van der Waals surface area contributed by atoms with Crippen molar-refractivity contribution < 1.29 is 14.3 Å². The fourth-order valence-electron chi connectivity index (χ4n) is 0.491. The number of ether oxygens (including phenoxy) is 1. The molecule has 0 aliphatic rings. The summed E-state index contributed by atoms with van der Waals surface area (Å²) in [5.74, 6) is -0.474. The summed E-state index contributed by atoms with van der Waals surface area (Å²) in [6.45, 7) is 5.34. The van der Waals surface area contributed by atoms with E-state index in [-0.39, 0.29) is 0 Å². The maximum Gasteiger partial charge on any atom is 0.330 e. The molecule has 0 bridgehead atoms. The summed E-state index contributed by atoms with van der Waals surface area (Å²) in [4.78, 5) is 10.6. The number of carbonyl (C=O) groups excluding carboxylic acids is 1. The van der Waals surface area contributed by atoms with Crippen LogP contribution in [0.15, 0.2) is 12.2 Å². The third-order valence-corrected chi connectivity index (χ3v) is 1.32. The van der Waals surface area contributed by atoms with Crippen molar-refractivity contribution in [3.63, 3.8) is 0 Å². The molecule has 0 atom stereocenters. The van der Waals surface area contributed by atoms with Crippen LogP contribution in [-0.2, 0) is 9.53 Å². The summed E-state index contributed by atoms with van der Waals surface area (Å²) in [5.41, 5.74) is -0.486. The lowest BCUT2D eigenvalue weighted by Crippen LogP contribution is -2.28. The van der Waals surface area contributed by atoms with Gasteiger partial charge >= 0.3 is 5.97 Å². The van der Waals surface area contributed by atoms with Gasteiger partial charge in [0.05, 0.1) is 7.11 Å². The number of methoxy groups -OCH3 is 1. The maximum atomic E-state index is 11.2. The van der Waals surface area contributed by atoms with Crippen molar-refractivity contribution in [2.75, 3.05) is 7.11 Å². The van der Waals surface area contributed by atoms with Gasteiger partial charge in [0.25, 0.3) is 0 Å². The van der Waals surface area contributed by atoms with E-state index in [1.54, 1.807) is 20.8 Å². The molecule has 0 saturated heterocycles. The Labute approximate surface area is 78.1 Å². The quantitative estimate of drug-likeness (QED) is 0.162. The zero-order chi connectivity index (χ0) is 10.5. The first-order valence-electron chi connectivity index (χ1n) is 3.94. The van der Waals surface area contributed by atoms with Crippen molar-refractivity contribution in [3.05, 3.63) is 17.4 Å². The van der Waals surface area contributed by atoms with Crippen molar-refractivity contribution in [1.29, 1.82) is 0 Å². The molecule has 0 unspecified atom stereocenters. The highest BCUT2D eigenvalue weighted by molar-refractivity contribution is 5.86. The molecular weight excluding hydrogens is 170 g/mol. The van der Waals surface area contributed by atoms with Gasteiger partial charge < -0.3 is 9.94 Å². The predicted octanol–water partition coefficient (Wildman–Crippen LogP) is 1.10. The van der Waals surface area contributed by atoms with Crippen LogP contribution in [0, 0.1) is 5.21 Å². The van der Waals surface area contributed by atoms with Gasteiger partial charge in [-0.25, -0.2) is 9.53 Å². The normalized spacial score (nSPS) is 13.4. The summed E-state index contributed by atoms with van der Waals surface area (Å²) in [6, 6.07) is 0. The molecule has 0 aliphatic carbocycles. The number of rotatable bonds is 2.